The summed E-state index contributed by atoms with van der Waals surface area (Å²) >= 11 is 0. The number of amides is 2. The molecule has 0 radical (unpaired) electrons. The zero-order valence-electron chi connectivity index (χ0n) is 15.1. The molecule has 4 rings (SSSR count). The van der Waals surface area contributed by atoms with Crippen molar-refractivity contribution in [2.75, 3.05) is 26.2 Å². The van der Waals surface area contributed by atoms with Gasteiger partial charge in [-0.1, -0.05) is 0 Å². The molecular formula is C19H25N5O2. The molecular weight excluding hydrogens is 330 g/mol. The van der Waals surface area contributed by atoms with Gasteiger partial charge in [0.2, 0.25) is 5.91 Å². The van der Waals surface area contributed by atoms with Crippen molar-refractivity contribution < 1.29 is 9.59 Å². The van der Waals surface area contributed by atoms with E-state index in [4.69, 9.17) is 5.73 Å². The number of hydrogen-bond donors (Lipinski definition) is 1. The highest BCUT2D eigenvalue weighted by Gasteiger charge is 2.40. The standard InChI is InChI=1S/C19H25N5O2/c1-13-4-7-22-12-15(21-17(22)10-13)19(26)23-8-5-16-14(11-23)2-3-18(25)24(16)9-6-20/h4,7,10,12,14,16H,2-3,5-6,8-9,11,20H2,1H3/t14-,16+/m0/s1. The number of piperidine rings is 2. The van der Waals surface area contributed by atoms with Crippen molar-refractivity contribution in [3.63, 3.8) is 0 Å². The molecule has 2 fully saturated rings. The molecule has 26 heavy (non-hydrogen) atoms. The molecule has 2 N–H and O–H groups in total. The van der Waals surface area contributed by atoms with E-state index in [0.717, 1.165) is 24.1 Å². The number of nitrogens with two attached hydrogens (primary N) is 1. The molecule has 2 amide bonds. The summed E-state index contributed by atoms with van der Waals surface area (Å²) in [4.78, 5) is 33.5. The van der Waals surface area contributed by atoms with Gasteiger partial charge < -0.3 is 19.9 Å². The second-order valence-corrected chi connectivity index (χ2v) is 7.38. The van der Waals surface area contributed by atoms with Crippen LogP contribution in [0.25, 0.3) is 5.65 Å². The van der Waals surface area contributed by atoms with Crippen LogP contribution in [-0.4, -0.2) is 63.2 Å². The Morgan fingerprint density at radius 3 is 3.04 bits per heavy atom. The number of fused-ring (bicyclic) bond motifs is 2. The van der Waals surface area contributed by atoms with Crippen LogP contribution in [0.4, 0.5) is 0 Å². The Hall–Kier alpha value is -2.41. The van der Waals surface area contributed by atoms with Crippen LogP contribution in [0.15, 0.2) is 24.5 Å². The second kappa shape index (κ2) is 6.72. The first-order valence-electron chi connectivity index (χ1n) is 9.31. The minimum absolute atomic E-state index is 0.0212. The lowest BCUT2D eigenvalue weighted by atomic mass is 9.83. The van der Waals surface area contributed by atoms with E-state index in [1.54, 1.807) is 6.20 Å². The van der Waals surface area contributed by atoms with Gasteiger partial charge in [-0.2, -0.15) is 0 Å². The first kappa shape index (κ1) is 17.0. The number of rotatable bonds is 3. The molecule has 2 atom stereocenters. The van der Waals surface area contributed by atoms with E-state index in [-0.39, 0.29) is 17.9 Å². The van der Waals surface area contributed by atoms with E-state index in [2.05, 4.69) is 4.98 Å². The highest BCUT2D eigenvalue weighted by Crippen LogP contribution is 2.31. The van der Waals surface area contributed by atoms with Gasteiger partial charge in [0, 0.05) is 51.0 Å². The number of imidazole rings is 1. The molecule has 7 heteroatoms. The van der Waals surface area contributed by atoms with Crippen molar-refractivity contribution in [1.82, 2.24) is 19.2 Å². The van der Waals surface area contributed by atoms with Gasteiger partial charge in [-0.15, -0.1) is 0 Å². The number of aromatic nitrogens is 2. The maximum absolute atomic E-state index is 12.9. The molecule has 0 aliphatic carbocycles. The summed E-state index contributed by atoms with van der Waals surface area (Å²) in [6.07, 6.45) is 5.94. The Balaban J connectivity index is 1.50. The van der Waals surface area contributed by atoms with E-state index in [1.165, 1.54) is 0 Å². The normalized spacial score (nSPS) is 23.4. The second-order valence-electron chi connectivity index (χ2n) is 7.38. The summed E-state index contributed by atoms with van der Waals surface area (Å²) < 4.78 is 1.88. The van der Waals surface area contributed by atoms with E-state index in [1.807, 2.05) is 39.5 Å². The van der Waals surface area contributed by atoms with Gasteiger partial charge >= 0.3 is 0 Å². The Morgan fingerprint density at radius 1 is 1.38 bits per heavy atom. The molecule has 2 saturated heterocycles. The highest BCUT2D eigenvalue weighted by atomic mass is 16.2. The minimum atomic E-state index is -0.0212. The SMILES string of the molecule is Cc1ccn2cc(C(=O)N3CC[C@@H]4[C@@H](CCC(=O)N4CCN)C3)nc2c1. The minimum Gasteiger partial charge on any atom is -0.338 e. The molecule has 0 aromatic carbocycles. The number of pyridine rings is 1. The first-order valence-corrected chi connectivity index (χ1v) is 9.31. The van der Waals surface area contributed by atoms with E-state index in [9.17, 15) is 9.59 Å². The topological polar surface area (TPSA) is 83.9 Å². The molecule has 0 bridgehead atoms. The molecule has 138 valence electrons. The summed E-state index contributed by atoms with van der Waals surface area (Å²) in [7, 11) is 0. The fraction of sp³-hybridized carbons (Fsp3) is 0.526. The summed E-state index contributed by atoms with van der Waals surface area (Å²) in [5, 5.41) is 0. The van der Waals surface area contributed by atoms with Gasteiger partial charge in [0.1, 0.15) is 11.3 Å². The average molecular weight is 355 g/mol. The van der Waals surface area contributed by atoms with E-state index in [0.29, 0.717) is 44.2 Å². The molecule has 2 aromatic heterocycles. The summed E-state index contributed by atoms with van der Waals surface area (Å²) in [5.74, 6) is 0.510. The summed E-state index contributed by atoms with van der Waals surface area (Å²) in [5.41, 5.74) is 8.07. The number of aryl methyl sites for hydroxylation is 1. The highest BCUT2D eigenvalue weighted by molar-refractivity contribution is 5.93. The Morgan fingerprint density at radius 2 is 2.23 bits per heavy atom. The molecule has 2 aliphatic heterocycles. The van der Waals surface area contributed by atoms with E-state index >= 15 is 0 Å². The first-order chi connectivity index (χ1) is 12.6. The van der Waals surface area contributed by atoms with Gasteiger partial charge in [0.15, 0.2) is 0 Å². The monoisotopic (exact) mass is 355 g/mol. The predicted octanol–water partition coefficient (Wildman–Crippen LogP) is 1.05. The quantitative estimate of drug-likeness (QED) is 0.892. The molecule has 2 aromatic rings. The van der Waals surface area contributed by atoms with Crippen LogP contribution in [0.2, 0.25) is 0 Å². The summed E-state index contributed by atoms with van der Waals surface area (Å²) in [6.45, 7) is 4.45. The molecule has 0 unspecified atom stereocenters. The number of hydrogen-bond acceptors (Lipinski definition) is 4. The lowest BCUT2D eigenvalue weighted by Gasteiger charge is -2.46. The van der Waals surface area contributed by atoms with Crippen molar-refractivity contribution >= 4 is 17.5 Å². The van der Waals surface area contributed by atoms with Crippen LogP contribution in [0.5, 0.6) is 0 Å². The van der Waals surface area contributed by atoms with Crippen molar-refractivity contribution in [2.45, 2.75) is 32.2 Å². The fourth-order valence-corrected chi connectivity index (χ4v) is 4.31. The van der Waals surface area contributed by atoms with Crippen LogP contribution < -0.4 is 5.73 Å². The number of carbonyl (C=O) groups excluding carboxylic acids is 2. The zero-order chi connectivity index (χ0) is 18.3. The van der Waals surface area contributed by atoms with Crippen molar-refractivity contribution in [1.29, 1.82) is 0 Å². The average Bonchev–Trinajstić information content (AvgIpc) is 3.06. The molecule has 4 heterocycles. The van der Waals surface area contributed by atoms with Crippen molar-refractivity contribution in [2.24, 2.45) is 11.7 Å². The van der Waals surface area contributed by atoms with Crippen molar-refractivity contribution in [3.05, 3.63) is 35.8 Å². The van der Waals surface area contributed by atoms with Crippen LogP contribution in [0.1, 0.15) is 35.3 Å². The van der Waals surface area contributed by atoms with Gasteiger partial charge in [-0.3, -0.25) is 9.59 Å². The van der Waals surface area contributed by atoms with Gasteiger partial charge in [0.05, 0.1) is 0 Å². The lowest BCUT2D eigenvalue weighted by molar-refractivity contribution is -0.140. The third-order valence-electron chi connectivity index (χ3n) is 5.64. The Labute approximate surface area is 152 Å². The molecule has 0 saturated carbocycles. The Bertz CT molecular complexity index is 846. The molecule has 7 nitrogen and oxygen atoms in total. The number of nitrogens with zero attached hydrogens (tertiary/aromatic N) is 4. The molecule has 2 aliphatic rings. The summed E-state index contributed by atoms with van der Waals surface area (Å²) in [6, 6.07) is 4.19. The van der Waals surface area contributed by atoms with Crippen LogP contribution in [0.3, 0.4) is 0 Å². The third kappa shape index (κ3) is 2.96. The number of likely N-dealkylation sites (tertiary alicyclic amines) is 2. The molecule has 0 spiro atoms. The van der Waals surface area contributed by atoms with E-state index < -0.39 is 0 Å². The van der Waals surface area contributed by atoms with Gasteiger partial charge in [-0.25, -0.2) is 4.98 Å². The predicted molar refractivity (Wildman–Crippen MR) is 97.7 cm³/mol. The number of carbonyl (C=O) groups is 2. The van der Waals surface area contributed by atoms with Crippen LogP contribution in [-0.2, 0) is 4.79 Å². The van der Waals surface area contributed by atoms with Crippen LogP contribution >= 0.6 is 0 Å². The lowest BCUT2D eigenvalue weighted by Crippen LogP contribution is -2.57. The fourth-order valence-electron chi connectivity index (χ4n) is 4.31. The smallest absolute Gasteiger partial charge is 0.274 e. The van der Waals surface area contributed by atoms with Crippen molar-refractivity contribution in [3.8, 4) is 0 Å². The van der Waals surface area contributed by atoms with Crippen LogP contribution in [0, 0.1) is 12.8 Å². The maximum atomic E-state index is 12.9. The maximum Gasteiger partial charge on any atom is 0.274 e. The van der Waals surface area contributed by atoms with Gasteiger partial charge in [0.25, 0.3) is 5.91 Å². The zero-order valence-corrected chi connectivity index (χ0v) is 15.1. The van der Waals surface area contributed by atoms with Gasteiger partial charge in [-0.05, 0) is 43.4 Å². The third-order valence-corrected chi connectivity index (χ3v) is 5.64. The Kier molecular flexibility index (Phi) is 4.40. The largest absolute Gasteiger partial charge is 0.338 e.